The molecule has 17 heavy (non-hydrogen) atoms. The molecule has 2 rings (SSSR count). The van der Waals surface area contributed by atoms with Crippen molar-refractivity contribution in [1.82, 2.24) is 10.6 Å². The van der Waals surface area contributed by atoms with Crippen LogP contribution in [0.4, 0.5) is 0 Å². The molecule has 1 saturated heterocycles. The molecule has 0 aromatic carbocycles. The van der Waals surface area contributed by atoms with Gasteiger partial charge in [0, 0.05) is 11.0 Å². The smallest absolute Gasteiger partial charge is 0.262 e. The van der Waals surface area contributed by atoms with Gasteiger partial charge in [0.25, 0.3) is 5.91 Å². The molecule has 1 aliphatic heterocycles. The zero-order valence-corrected chi connectivity index (χ0v) is 12.1. The van der Waals surface area contributed by atoms with E-state index in [-0.39, 0.29) is 5.91 Å². The molecule has 1 atom stereocenters. The second-order valence-corrected chi connectivity index (χ2v) is 6.13. The Balaban J connectivity index is 1.71. The number of hydrogen-bond donors (Lipinski definition) is 2. The third-order valence-corrected chi connectivity index (χ3v) is 4.90. The summed E-state index contributed by atoms with van der Waals surface area (Å²) in [6.07, 6.45) is 3.61. The highest BCUT2D eigenvalue weighted by Gasteiger charge is 2.14. The van der Waals surface area contributed by atoms with Gasteiger partial charge in [0.15, 0.2) is 0 Å². The first-order valence-corrected chi connectivity index (χ1v) is 7.66. The summed E-state index contributed by atoms with van der Waals surface area (Å²) in [4.78, 5) is 12.6. The minimum atomic E-state index is 0.0376. The maximum atomic E-state index is 11.8. The van der Waals surface area contributed by atoms with Crippen LogP contribution >= 0.6 is 27.3 Å². The van der Waals surface area contributed by atoms with Gasteiger partial charge in [-0.15, -0.1) is 11.3 Å². The molecule has 1 aliphatic rings. The molecule has 1 amide bonds. The van der Waals surface area contributed by atoms with Crippen molar-refractivity contribution in [2.45, 2.75) is 19.3 Å². The van der Waals surface area contributed by atoms with Crippen LogP contribution in [0.3, 0.4) is 0 Å². The molecule has 2 N–H and O–H groups in total. The van der Waals surface area contributed by atoms with E-state index < -0.39 is 0 Å². The van der Waals surface area contributed by atoms with Gasteiger partial charge in [-0.2, -0.15) is 0 Å². The first-order valence-electron chi connectivity index (χ1n) is 5.99. The standard InChI is InChI=1S/C12H17BrN2OS/c13-10-4-7-17-11(10)12(16)15-6-3-9-2-1-5-14-8-9/h4,7,9,14H,1-3,5-6,8H2,(H,15,16). The molecule has 0 radical (unpaired) electrons. The molecule has 0 aliphatic carbocycles. The van der Waals surface area contributed by atoms with Gasteiger partial charge in [-0.1, -0.05) is 0 Å². The SMILES string of the molecule is O=C(NCCC1CCCNC1)c1sccc1Br. The fourth-order valence-electron chi connectivity index (χ4n) is 2.10. The van der Waals surface area contributed by atoms with E-state index in [2.05, 4.69) is 26.6 Å². The van der Waals surface area contributed by atoms with Gasteiger partial charge < -0.3 is 10.6 Å². The van der Waals surface area contributed by atoms with Crippen LogP contribution in [0.2, 0.25) is 0 Å². The molecule has 1 aromatic rings. The number of carbonyl (C=O) groups is 1. The van der Waals surface area contributed by atoms with Gasteiger partial charge >= 0.3 is 0 Å². The number of piperidine rings is 1. The van der Waals surface area contributed by atoms with Gasteiger partial charge in [0.05, 0.1) is 0 Å². The predicted molar refractivity (Wildman–Crippen MR) is 74.6 cm³/mol. The van der Waals surface area contributed by atoms with E-state index in [0.29, 0.717) is 0 Å². The summed E-state index contributed by atoms with van der Waals surface area (Å²) in [5.41, 5.74) is 0. The predicted octanol–water partition coefficient (Wildman–Crippen LogP) is 2.63. The van der Waals surface area contributed by atoms with Gasteiger partial charge in [-0.05, 0) is 65.6 Å². The lowest BCUT2D eigenvalue weighted by Gasteiger charge is -2.22. The lowest BCUT2D eigenvalue weighted by Crippen LogP contribution is -2.33. The van der Waals surface area contributed by atoms with Crippen molar-refractivity contribution in [3.8, 4) is 0 Å². The molecule has 0 bridgehead atoms. The Kier molecular flexibility index (Phi) is 5.00. The number of carbonyl (C=O) groups excluding carboxylic acids is 1. The zero-order chi connectivity index (χ0) is 12.1. The number of hydrogen-bond acceptors (Lipinski definition) is 3. The molecule has 0 saturated carbocycles. The van der Waals surface area contributed by atoms with Crippen LogP contribution in [0, 0.1) is 5.92 Å². The number of nitrogens with one attached hydrogen (secondary N) is 2. The number of halogens is 1. The van der Waals surface area contributed by atoms with E-state index in [9.17, 15) is 4.79 Å². The van der Waals surface area contributed by atoms with Gasteiger partial charge in [-0.3, -0.25) is 4.79 Å². The lowest BCUT2D eigenvalue weighted by atomic mass is 9.96. The van der Waals surface area contributed by atoms with Crippen LogP contribution < -0.4 is 10.6 Å². The van der Waals surface area contributed by atoms with Gasteiger partial charge in [0.2, 0.25) is 0 Å². The number of amides is 1. The van der Waals surface area contributed by atoms with Crippen molar-refractivity contribution < 1.29 is 4.79 Å². The van der Waals surface area contributed by atoms with Crippen molar-refractivity contribution in [1.29, 1.82) is 0 Å². The highest BCUT2D eigenvalue weighted by atomic mass is 79.9. The van der Waals surface area contributed by atoms with Crippen molar-refractivity contribution in [2.75, 3.05) is 19.6 Å². The Bertz CT molecular complexity index is 374. The summed E-state index contributed by atoms with van der Waals surface area (Å²) >= 11 is 4.85. The Labute approximate surface area is 114 Å². The minimum Gasteiger partial charge on any atom is -0.351 e. The number of rotatable bonds is 4. The normalized spacial score (nSPS) is 20.2. The fraction of sp³-hybridized carbons (Fsp3) is 0.583. The molecule has 2 heterocycles. The molecular weight excluding hydrogens is 300 g/mol. The third kappa shape index (κ3) is 3.79. The van der Waals surface area contributed by atoms with E-state index in [1.165, 1.54) is 24.2 Å². The summed E-state index contributed by atoms with van der Waals surface area (Å²) in [6, 6.07) is 1.91. The Morgan fingerprint density at radius 3 is 3.18 bits per heavy atom. The highest BCUT2D eigenvalue weighted by Crippen LogP contribution is 2.22. The Morgan fingerprint density at radius 2 is 2.53 bits per heavy atom. The summed E-state index contributed by atoms with van der Waals surface area (Å²) in [7, 11) is 0. The topological polar surface area (TPSA) is 41.1 Å². The summed E-state index contributed by atoms with van der Waals surface area (Å²) in [5, 5.41) is 8.30. The van der Waals surface area contributed by atoms with Crippen LogP contribution in [0.1, 0.15) is 28.9 Å². The van der Waals surface area contributed by atoms with Crippen LogP contribution in [0.15, 0.2) is 15.9 Å². The molecule has 1 unspecified atom stereocenters. The highest BCUT2D eigenvalue weighted by molar-refractivity contribution is 9.10. The Morgan fingerprint density at radius 1 is 1.65 bits per heavy atom. The van der Waals surface area contributed by atoms with E-state index in [1.54, 1.807) is 0 Å². The van der Waals surface area contributed by atoms with Gasteiger partial charge in [-0.25, -0.2) is 0 Å². The van der Waals surface area contributed by atoms with Crippen molar-refractivity contribution >= 4 is 33.2 Å². The van der Waals surface area contributed by atoms with E-state index in [4.69, 9.17) is 0 Å². The third-order valence-electron chi connectivity index (χ3n) is 3.06. The first-order chi connectivity index (χ1) is 8.27. The van der Waals surface area contributed by atoms with E-state index >= 15 is 0 Å². The van der Waals surface area contributed by atoms with Crippen molar-refractivity contribution in [3.05, 3.63) is 20.8 Å². The van der Waals surface area contributed by atoms with Gasteiger partial charge in [0.1, 0.15) is 4.88 Å². The quantitative estimate of drug-likeness (QED) is 0.896. The lowest BCUT2D eigenvalue weighted by molar-refractivity contribution is 0.0954. The zero-order valence-electron chi connectivity index (χ0n) is 9.67. The summed E-state index contributed by atoms with van der Waals surface area (Å²) in [6.45, 7) is 3.01. The van der Waals surface area contributed by atoms with Crippen molar-refractivity contribution in [3.63, 3.8) is 0 Å². The largest absolute Gasteiger partial charge is 0.351 e. The van der Waals surface area contributed by atoms with Crippen LogP contribution in [0.25, 0.3) is 0 Å². The van der Waals surface area contributed by atoms with Crippen LogP contribution in [-0.2, 0) is 0 Å². The van der Waals surface area contributed by atoms with Crippen molar-refractivity contribution in [2.24, 2.45) is 5.92 Å². The molecule has 3 nitrogen and oxygen atoms in total. The Hall–Kier alpha value is -0.390. The second kappa shape index (κ2) is 6.52. The van der Waals surface area contributed by atoms with Crippen LogP contribution in [-0.4, -0.2) is 25.5 Å². The summed E-state index contributed by atoms with van der Waals surface area (Å²) in [5.74, 6) is 0.756. The average Bonchev–Trinajstić information content (AvgIpc) is 2.77. The monoisotopic (exact) mass is 316 g/mol. The van der Waals surface area contributed by atoms with E-state index in [0.717, 1.165) is 41.3 Å². The first kappa shape index (κ1) is 13.1. The maximum Gasteiger partial charge on any atom is 0.262 e. The van der Waals surface area contributed by atoms with Crippen LogP contribution in [0.5, 0.6) is 0 Å². The molecule has 0 spiro atoms. The minimum absolute atomic E-state index is 0.0376. The second-order valence-electron chi connectivity index (χ2n) is 4.35. The average molecular weight is 317 g/mol. The fourth-order valence-corrected chi connectivity index (χ4v) is 3.56. The molecule has 5 heteroatoms. The number of thiophene rings is 1. The summed E-state index contributed by atoms with van der Waals surface area (Å²) < 4.78 is 0.888. The molecule has 94 valence electrons. The molecule has 1 fully saturated rings. The van der Waals surface area contributed by atoms with E-state index in [1.807, 2.05) is 11.4 Å². The molecule has 1 aromatic heterocycles. The maximum absolute atomic E-state index is 11.8. The molecular formula is C12H17BrN2OS.